The highest BCUT2D eigenvalue weighted by molar-refractivity contribution is 7.47. The van der Waals surface area contributed by atoms with E-state index < -0.39 is 156 Å². The van der Waals surface area contributed by atoms with Gasteiger partial charge in [-0.05, 0) is 25.7 Å². The number of carbonyl (C=O) groups excluding carboxylic acids is 3. The van der Waals surface area contributed by atoms with Gasteiger partial charge in [0.2, 0.25) is 0 Å². The summed E-state index contributed by atoms with van der Waals surface area (Å²) in [5.74, 6) is -2.24. The Balaban J connectivity index is 1.78. The molecule has 2 aliphatic heterocycles. The lowest BCUT2D eigenvalue weighted by atomic mass is 9.84. The van der Waals surface area contributed by atoms with E-state index in [0.717, 1.165) is 96.0 Å². The monoisotopic (exact) mass is 1350 g/mol. The van der Waals surface area contributed by atoms with Crippen molar-refractivity contribution < 1.29 is 117 Å². The van der Waals surface area contributed by atoms with Crippen molar-refractivity contribution >= 4 is 25.7 Å². The number of esters is 3. The summed E-state index contributed by atoms with van der Waals surface area (Å²) in [4.78, 5) is 50.7. The Labute approximate surface area is 554 Å². The maximum Gasteiger partial charge on any atom is 0.472 e. The Morgan fingerprint density at radius 3 is 1.25 bits per heavy atom. The Morgan fingerprint density at radius 1 is 0.441 bits per heavy atom. The number of phosphoric ester groups is 1. The molecule has 0 amide bonds. The van der Waals surface area contributed by atoms with Crippen LogP contribution in [0.1, 0.15) is 258 Å². The number of phosphoric acid groups is 1. The molecule has 0 aromatic heterocycles. The van der Waals surface area contributed by atoms with Crippen LogP contribution in [-0.2, 0) is 61.2 Å². The lowest BCUT2D eigenvalue weighted by Crippen LogP contribution is -2.69. The van der Waals surface area contributed by atoms with Crippen LogP contribution >= 0.6 is 7.82 Å². The molecule has 0 aromatic rings. The van der Waals surface area contributed by atoms with Crippen molar-refractivity contribution in [3.8, 4) is 0 Å². The van der Waals surface area contributed by atoms with Gasteiger partial charge in [0.1, 0.15) is 98.7 Å². The highest BCUT2D eigenvalue weighted by Gasteiger charge is 2.58. The Hall–Kier alpha value is -2.56. The number of hydrogen-bond donors (Lipinski definition) is 11. The Morgan fingerprint density at radius 2 is 0.817 bits per heavy atom. The van der Waals surface area contributed by atoms with Crippen molar-refractivity contribution in [2.24, 2.45) is 0 Å². The van der Waals surface area contributed by atoms with Crippen LogP contribution in [-0.4, -0.2) is 204 Å². The van der Waals surface area contributed by atoms with Crippen LogP contribution < -0.4 is 0 Å². The molecule has 0 bridgehead atoms. The molecule has 18 unspecified atom stereocenters. The second kappa shape index (κ2) is 50.7. The molecule has 11 N–H and O–H groups in total. The van der Waals surface area contributed by atoms with E-state index in [1.165, 1.54) is 128 Å². The first-order valence-electron chi connectivity index (χ1n) is 35.7. The molecular formula is C68H123O24P. The maximum absolute atomic E-state index is 14.3. The summed E-state index contributed by atoms with van der Waals surface area (Å²) >= 11 is 0. The van der Waals surface area contributed by atoms with Gasteiger partial charge in [0, 0.05) is 18.9 Å². The predicted molar refractivity (Wildman–Crippen MR) is 347 cm³/mol. The molecule has 1 aliphatic carbocycles. The molecule has 1 saturated carbocycles. The summed E-state index contributed by atoms with van der Waals surface area (Å²) in [6.07, 6.45) is 9.21. The third kappa shape index (κ3) is 34.7. The quantitative estimate of drug-likeness (QED) is 0.00678. The van der Waals surface area contributed by atoms with E-state index in [1.54, 1.807) is 6.08 Å². The molecule has 24 nitrogen and oxygen atoms in total. The fourth-order valence-electron chi connectivity index (χ4n) is 11.7. The SMILES string of the molecule is CCCCCCCCCCCCC/C=C/C=C/C(=O)OC(COC(=O)CCCCCCCCCCCCC)COP(=O)(O)OC1C(OC2OC(CO)C(O)C(O)C2O)C(O)C(O)C(O)C1OC1OC(COC(=O)CCCCCCCCCCCCCC)C(O)C(O)C1O. The van der Waals surface area contributed by atoms with Crippen LogP contribution in [0.4, 0.5) is 0 Å². The molecule has 3 rings (SSSR count). The largest absolute Gasteiger partial charge is 0.472 e. The van der Waals surface area contributed by atoms with Crippen LogP contribution in [0.3, 0.4) is 0 Å². The maximum atomic E-state index is 14.3. The van der Waals surface area contributed by atoms with Crippen molar-refractivity contribution in [2.45, 2.75) is 362 Å². The van der Waals surface area contributed by atoms with Gasteiger partial charge in [-0.25, -0.2) is 9.36 Å². The summed E-state index contributed by atoms with van der Waals surface area (Å²) in [5, 5.41) is 110. The minimum absolute atomic E-state index is 0.0278. The topological polar surface area (TPSA) is 374 Å². The third-order valence-electron chi connectivity index (χ3n) is 17.6. The van der Waals surface area contributed by atoms with Crippen LogP contribution in [0.15, 0.2) is 24.3 Å². The fourth-order valence-corrected chi connectivity index (χ4v) is 12.7. The molecule has 3 aliphatic rings. The molecule has 3 fully saturated rings. The normalized spacial score (nSPS) is 28.6. The van der Waals surface area contributed by atoms with E-state index in [4.69, 9.17) is 42.2 Å². The zero-order valence-electron chi connectivity index (χ0n) is 56.3. The van der Waals surface area contributed by atoms with E-state index in [1.807, 2.05) is 6.08 Å². The molecule has 2 heterocycles. The first kappa shape index (κ1) is 84.7. The number of rotatable bonds is 54. The zero-order chi connectivity index (χ0) is 68.2. The van der Waals surface area contributed by atoms with Gasteiger partial charge in [-0.1, -0.05) is 238 Å². The highest BCUT2D eigenvalue weighted by atomic mass is 31.2. The first-order valence-corrected chi connectivity index (χ1v) is 37.2. The van der Waals surface area contributed by atoms with Crippen molar-refractivity contribution in [1.82, 2.24) is 0 Å². The molecule has 2 saturated heterocycles. The van der Waals surface area contributed by atoms with Gasteiger partial charge in [-0.2, -0.15) is 0 Å². The number of unbranched alkanes of at least 4 members (excludes halogenated alkanes) is 32. The van der Waals surface area contributed by atoms with Crippen molar-refractivity contribution in [2.75, 3.05) is 26.4 Å². The Bertz CT molecular complexity index is 2040. The van der Waals surface area contributed by atoms with Crippen molar-refractivity contribution in [1.29, 1.82) is 0 Å². The van der Waals surface area contributed by atoms with Gasteiger partial charge in [-0.15, -0.1) is 0 Å². The number of hydrogen-bond acceptors (Lipinski definition) is 23. The summed E-state index contributed by atoms with van der Waals surface area (Å²) in [5.41, 5.74) is 0. The van der Waals surface area contributed by atoms with E-state index >= 15 is 0 Å². The molecule has 544 valence electrons. The van der Waals surface area contributed by atoms with Gasteiger partial charge in [0.15, 0.2) is 18.7 Å². The van der Waals surface area contributed by atoms with Gasteiger partial charge in [0.05, 0.1) is 13.2 Å². The first-order chi connectivity index (χ1) is 44.8. The smallest absolute Gasteiger partial charge is 0.463 e. The summed E-state index contributed by atoms with van der Waals surface area (Å²) < 4.78 is 64.6. The van der Waals surface area contributed by atoms with E-state index in [2.05, 4.69) is 20.8 Å². The molecule has 25 heteroatoms. The van der Waals surface area contributed by atoms with Crippen LogP contribution in [0, 0.1) is 0 Å². The standard InChI is InChI=1S/C68H123O24P/c1-4-7-10-13-16-19-22-24-25-26-29-32-35-38-41-44-54(72)87-49(46-84-52(70)42-39-36-33-30-27-21-18-15-12-9-6-3)47-86-93(82,83)92-66-64(90-67-62(80)57(75)55(73)50(45-69)88-67)60(78)59(77)61(79)65(66)91-68-63(81)58(76)56(74)51(89-68)48-85-53(71)43-40-37-34-31-28-23-20-17-14-11-8-5-2/h35,38,41,44,49-51,55-69,73-81H,4-34,36-37,39-40,42-43,45-48H2,1-3H3,(H,82,83)/b38-35+,44-41+. The second-order valence-electron chi connectivity index (χ2n) is 25.7. The number of carbonyl (C=O) groups is 3. The number of allylic oxidation sites excluding steroid dienone is 3. The molecular weight excluding hydrogens is 1230 g/mol. The summed E-state index contributed by atoms with van der Waals surface area (Å²) in [6, 6.07) is 0. The Kier molecular flexibility index (Phi) is 46.2. The minimum Gasteiger partial charge on any atom is -0.463 e. The van der Waals surface area contributed by atoms with Gasteiger partial charge >= 0.3 is 25.7 Å². The average molecular weight is 1360 g/mol. The average Bonchev–Trinajstić information content (AvgIpc) is 0.770. The van der Waals surface area contributed by atoms with Gasteiger partial charge < -0.3 is 89.1 Å². The minimum atomic E-state index is -5.71. The lowest BCUT2D eigenvalue weighted by molar-refractivity contribution is -0.360. The zero-order valence-corrected chi connectivity index (χ0v) is 57.2. The van der Waals surface area contributed by atoms with Crippen LogP contribution in [0.5, 0.6) is 0 Å². The fraction of sp³-hybridized carbons (Fsp3) is 0.897. The van der Waals surface area contributed by atoms with Gasteiger partial charge in [0.25, 0.3) is 0 Å². The third-order valence-corrected chi connectivity index (χ3v) is 18.6. The van der Waals surface area contributed by atoms with Crippen LogP contribution in [0.25, 0.3) is 0 Å². The van der Waals surface area contributed by atoms with Crippen molar-refractivity contribution in [3.63, 3.8) is 0 Å². The molecule has 18 atom stereocenters. The van der Waals surface area contributed by atoms with E-state index in [0.29, 0.717) is 12.8 Å². The molecule has 0 aromatic carbocycles. The van der Waals surface area contributed by atoms with E-state index in [-0.39, 0.29) is 12.8 Å². The highest BCUT2D eigenvalue weighted by Crippen LogP contribution is 2.49. The van der Waals surface area contributed by atoms with Crippen LogP contribution in [0.2, 0.25) is 0 Å². The van der Waals surface area contributed by atoms with Crippen molar-refractivity contribution in [3.05, 3.63) is 24.3 Å². The number of aliphatic hydroxyl groups excluding tert-OH is 10. The molecule has 0 radical (unpaired) electrons. The summed E-state index contributed by atoms with van der Waals surface area (Å²) in [7, 11) is -5.71. The number of aliphatic hydroxyl groups is 10. The van der Waals surface area contributed by atoms with Gasteiger partial charge in [-0.3, -0.25) is 18.6 Å². The predicted octanol–water partition coefficient (Wildman–Crippen LogP) is 8.57. The molecule has 93 heavy (non-hydrogen) atoms. The molecule has 0 spiro atoms. The summed E-state index contributed by atoms with van der Waals surface area (Å²) in [6.45, 7) is 3.30. The lowest BCUT2D eigenvalue weighted by Gasteiger charge is -2.49. The van der Waals surface area contributed by atoms with E-state index in [9.17, 15) is 74.9 Å². The second-order valence-corrected chi connectivity index (χ2v) is 27.1. The number of ether oxygens (including phenoxy) is 7.